The fourth-order valence-electron chi connectivity index (χ4n) is 2.23. The quantitative estimate of drug-likeness (QED) is 0.587. The normalized spacial score (nSPS) is 25.9. The zero-order chi connectivity index (χ0) is 11.7. The zero-order valence-corrected chi connectivity index (χ0v) is 9.72. The van der Waals surface area contributed by atoms with Crippen LogP contribution in [0.15, 0.2) is 24.3 Å². The van der Waals surface area contributed by atoms with Gasteiger partial charge in [0.2, 0.25) is 6.04 Å². The minimum atomic E-state index is -0.508. The van der Waals surface area contributed by atoms with Crippen molar-refractivity contribution in [3.63, 3.8) is 0 Å². The number of halogens is 1. The van der Waals surface area contributed by atoms with Gasteiger partial charge in [-0.3, -0.25) is 15.0 Å². The summed E-state index contributed by atoms with van der Waals surface area (Å²) in [5.74, 6) is -0.0303. The van der Waals surface area contributed by atoms with Crippen LogP contribution in [0.3, 0.4) is 0 Å². The van der Waals surface area contributed by atoms with Crippen molar-refractivity contribution in [3.05, 3.63) is 45.0 Å². The Bertz CT molecular complexity index is 393. The fraction of sp³-hybridized carbons (Fsp3) is 0.455. The molecule has 0 aromatic heterocycles. The van der Waals surface area contributed by atoms with Crippen molar-refractivity contribution >= 4 is 11.6 Å². The Labute approximate surface area is 99.0 Å². The molecule has 0 bridgehead atoms. The number of nitro groups is 1. The molecular formula is C11H13ClN2O2. The summed E-state index contributed by atoms with van der Waals surface area (Å²) in [6.45, 7) is 1.24. The maximum absolute atomic E-state index is 11.0. The third-order valence-corrected chi connectivity index (χ3v) is 3.29. The lowest BCUT2D eigenvalue weighted by Crippen LogP contribution is -2.27. The molecule has 86 valence electrons. The van der Waals surface area contributed by atoms with Crippen LogP contribution < -0.4 is 0 Å². The number of nitrogens with zero attached hydrogens (tertiary/aromatic N) is 2. The van der Waals surface area contributed by atoms with E-state index in [1.807, 2.05) is 24.1 Å². The molecule has 1 aromatic carbocycles. The predicted molar refractivity (Wildman–Crippen MR) is 62.5 cm³/mol. The van der Waals surface area contributed by atoms with E-state index in [0.29, 0.717) is 11.6 Å². The summed E-state index contributed by atoms with van der Waals surface area (Å²) in [5, 5.41) is 11.6. The van der Waals surface area contributed by atoms with E-state index in [1.165, 1.54) is 0 Å². The van der Waals surface area contributed by atoms with Gasteiger partial charge in [-0.2, -0.15) is 0 Å². The molecule has 0 N–H and O–H groups in total. The van der Waals surface area contributed by atoms with E-state index in [0.717, 1.165) is 12.1 Å². The topological polar surface area (TPSA) is 46.4 Å². The second-order valence-corrected chi connectivity index (χ2v) is 4.67. The van der Waals surface area contributed by atoms with Crippen molar-refractivity contribution in [1.82, 2.24) is 4.90 Å². The van der Waals surface area contributed by atoms with Crippen molar-refractivity contribution in [3.8, 4) is 0 Å². The molecule has 1 saturated heterocycles. The molecule has 0 amide bonds. The monoisotopic (exact) mass is 240 g/mol. The molecule has 5 heteroatoms. The molecule has 2 atom stereocenters. The van der Waals surface area contributed by atoms with Crippen LogP contribution in [0.1, 0.15) is 11.5 Å². The third kappa shape index (κ3) is 2.18. The van der Waals surface area contributed by atoms with Crippen molar-refractivity contribution in [2.24, 2.45) is 0 Å². The van der Waals surface area contributed by atoms with Gasteiger partial charge in [0, 0.05) is 16.5 Å². The smallest absolute Gasteiger partial charge is 0.233 e. The van der Waals surface area contributed by atoms with Crippen molar-refractivity contribution < 1.29 is 4.92 Å². The van der Waals surface area contributed by atoms with Crippen LogP contribution in [-0.2, 0) is 0 Å². The minimum Gasteiger partial charge on any atom is -0.299 e. The SMILES string of the molecule is CN1CC(c2ccc(Cl)cc2)C([N+](=O)[O-])C1. The van der Waals surface area contributed by atoms with Gasteiger partial charge in [-0.15, -0.1) is 0 Å². The van der Waals surface area contributed by atoms with E-state index >= 15 is 0 Å². The van der Waals surface area contributed by atoms with E-state index in [4.69, 9.17) is 11.6 Å². The van der Waals surface area contributed by atoms with Gasteiger partial charge in [0.05, 0.1) is 12.5 Å². The summed E-state index contributed by atoms with van der Waals surface area (Å²) < 4.78 is 0. The number of likely N-dealkylation sites (tertiary alicyclic amines) is 1. The molecule has 0 saturated carbocycles. The van der Waals surface area contributed by atoms with E-state index in [1.54, 1.807) is 12.1 Å². The first-order valence-electron chi connectivity index (χ1n) is 5.15. The third-order valence-electron chi connectivity index (χ3n) is 3.04. The van der Waals surface area contributed by atoms with Gasteiger partial charge in [-0.1, -0.05) is 23.7 Å². The summed E-state index contributed by atoms with van der Waals surface area (Å²) >= 11 is 5.80. The van der Waals surface area contributed by atoms with Gasteiger partial charge >= 0.3 is 0 Å². The largest absolute Gasteiger partial charge is 0.299 e. The first-order chi connectivity index (χ1) is 7.58. The molecule has 4 nitrogen and oxygen atoms in total. The zero-order valence-electron chi connectivity index (χ0n) is 8.97. The molecule has 16 heavy (non-hydrogen) atoms. The average molecular weight is 241 g/mol. The molecule has 2 unspecified atom stereocenters. The number of benzene rings is 1. The highest BCUT2D eigenvalue weighted by Crippen LogP contribution is 2.29. The van der Waals surface area contributed by atoms with Crippen LogP contribution in [0.2, 0.25) is 5.02 Å². The number of hydrogen-bond donors (Lipinski definition) is 0. The van der Waals surface area contributed by atoms with Crippen LogP contribution in [0, 0.1) is 10.1 Å². The first-order valence-corrected chi connectivity index (χ1v) is 5.53. The van der Waals surface area contributed by atoms with Gasteiger partial charge in [0.25, 0.3) is 0 Å². The van der Waals surface area contributed by atoms with Crippen LogP contribution in [-0.4, -0.2) is 36.0 Å². The summed E-state index contributed by atoms with van der Waals surface area (Å²) in [7, 11) is 1.91. The Kier molecular flexibility index (Phi) is 3.12. The highest BCUT2D eigenvalue weighted by atomic mass is 35.5. The highest BCUT2D eigenvalue weighted by Gasteiger charge is 2.40. The maximum Gasteiger partial charge on any atom is 0.233 e. The van der Waals surface area contributed by atoms with E-state index < -0.39 is 6.04 Å². The Hall–Kier alpha value is -1.13. The molecular weight excluding hydrogens is 228 g/mol. The Balaban J connectivity index is 2.25. The molecule has 1 heterocycles. The molecule has 1 aliphatic heterocycles. The Morgan fingerprint density at radius 3 is 2.56 bits per heavy atom. The fourth-order valence-corrected chi connectivity index (χ4v) is 2.36. The number of hydrogen-bond acceptors (Lipinski definition) is 3. The maximum atomic E-state index is 11.0. The van der Waals surface area contributed by atoms with Crippen LogP contribution in [0.4, 0.5) is 0 Å². The number of likely N-dealkylation sites (N-methyl/N-ethyl adjacent to an activating group) is 1. The lowest BCUT2D eigenvalue weighted by atomic mass is 9.95. The highest BCUT2D eigenvalue weighted by molar-refractivity contribution is 6.30. The van der Waals surface area contributed by atoms with E-state index in [9.17, 15) is 10.1 Å². The van der Waals surface area contributed by atoms with E-state index in [-0.39, 0.29) is 10.8 Å². The van der Waals surface area contributed by atoms with E-state index in [2.05, 4.69) is 0 Å². The van der Waals surface area contributed by atoms with Gasteiger partial charge in [-0.05, 0) is 24.7 Å². The van der Waals surface area contributed by atoms with Crippen LogP contribution in [0.25, 0.3) is 0 Å². The summed E-state index contributed by atoms with van der Waals surface area (Å²) in [6, 6.07) is 6.81. The lowest BCUT2D eigenvalue weighted by molar-refractivity contribution is -0.521. The lowest BCUT2D eigenvalue weighted by Gasteiger charge is -2.12. The first kappa shape index (κ1) is 11.4. The van der Waals surface area contributed by atoms with Gasteiger partial charge < -0.3 is 0 Å². The van der Waals surface area contributed by atoms with Crippen molar-refractivity contribution in [2.45, 2.75) is 12.0 Å². The van der Waals surface area contributed by atoms with Gasteiger partial charge in [0.1, 0.15) is 0 Å². The second-order valence-electron chi connectivity index (χ2n) is 4.23. The summed E-state index contributed by atoms with van der Waals surface area (Å²) in [4.78, 5) is 12.8. The molecule has 2 rings (SSSR count). The molecule has 0 aliphatic carbocycles. The van der Waals surface area contributed by atoms with Crippen LogP contribution in [0.5, 0.6) is 0 Å². The Morgan fingerprint density at radius 1 is 1.38 bits per heavy atom. The summed E-state index contributed by atoms with van der Waals surface area (Å²) in [5.41, 5.74) is 0.996. The standard InChI is InChI=1S/C11H13ClN2O2/c1-13-6-10(11(7-13)14(15)16)8-2-4-9(12)5-3-8/h2-5,10-11H,6-7H2,1H3. The molecule has 1 aromatic rings. The second kappa shape index (κ2) is 4.39. The average Bonchev–Trinajstić information content (AvgIpc) is 2.61. The Morgan fingerprint density at radius 2 is 2.00 bits per heavy atom. The number of rotatable bonds is 2. The molecule has 1 aliphatic rings. The summed E-state index contributed by atoms with van der Waals surface area (Å²) in [6.07, 6.45) is 0. The van der Waals surface area contributed by atoms with Crippen LogP contribution >= 0.6 is 11.6 Å². The predicted octanol–water partition coefficient (Wildman–Crippen LogP) is 2.01. The van der Waals surface area contributed by atoms with Crippen molar-refractivity contribution in [2.75, 3.05) is 20.1 Å². The molecule has 0 spiro atoms. The molecule has 1 fully saturated rings. The molecule has 0 radical (unpaired) electrons. The van der Waals surface area contributed by atoms with Gasteiger partial charge in [0.15, 0.2) is 0 Å². The van der Waals surface area contributed by atoms with Gasteiger partial charge in [-0.25, -0.2) is 0 Å². The van der Waals surface area contributed by atoms with Crippen molar-refractivity contribution in [1.29, 1.82) is 0 Å². The minimum absolute atomic E-state index is 0.0303.